The van der Waals surface area contributed by atoms with Crippen LogP contribution in [-0.2, 0) is 29.2 Å². The number of morpholine rings is 1. The fraction of sp³-hybridized carbons (Fsp3) is 0.500. The lowest BCUT2D eigenvalue weighted by Gasteiger charge is -2.42. The Labute approximate surface area is 205 Å². The predicted octanol–water partition coefficient (Wildman–Crippen LogP) is 3.06. The van der Waals surface area contributed by atoms with Gasteiger partial charge in [0.2, 0.25) is 5.91 Å². The maximum absolute atomic E-state index is 12.6. The van der Waals surface area contributed by atoms with Gasteiger partial charge in [-0.25, -0.2) is 0 Å². The molecular weight excluding hydrogens is 440 g/mol. The third-order valence-corrected chi connectivity index (χ3v) is 7.98. The van der Waals surface area contributed by atoms with Gasteiger partial charge in [-0.05, 0) is 42.9 Å². The summed E-state index contributed by atoms with van der Waals surface area (Å²) in [5, 5.41) is 1.29. The molecule has 2 atom stereocenters. The fourth-order valence-corrected chi connectivity index (χ4v) is 6.37. The largest absolute Gasteiger partial charge is 0.378 e. The van der Waals surface area contributed by atoms with Gasteiger partial charge in [0.25, 0.3) is 5.56 Å². The summed E-state index contributed by atoms with van der Waals surface area (Å²) in [5.41, 5.74) is 3.92. The van der Waals surface area contributed by atoms with Crippen molar-refractivity contribution < 1.29 is 9.53 Å². The molecular formula is C28H34N4O3. The molecule has 184 valence electrons. The van der Waals surface area contributed by atoms with E-state index in [-0.39, 0.29) is 11.5 Å². The Bertz CT molecular complexity index is 1270. The summed E-state index contributed by atoms with van der Waals surface area (Å²) in [6, 6.07) is 14.4. The maximum Gasteiger partial charge on any atom is 0.250 e. The molecule has 3 aliphatic rings. The zero-order valence-corrected chi connectivity index (χ0v) is 20.3. The summed E-state index contributed by atoms with van der Waals surface area (Å²) in [5.74, 6) is 1.19. The minimum Gasteiger partial charge on any atom is -0.378 e. The molecule has 1 amide bonds. The average molecular weight is 475 g/mol. The Morgan fingerprint density at radius 1 is 1.00 bits per heavy atom. The fourth-order valence-electron chi connectivity index (χ4n) is 6.37. The van der Waals surface area contributed by atoms with Crippen molar-refractivity contribution in [1.82, 2.24) is 18.9 Å². The van der Waals surface area contributed by atoms with Crippen molar-refractivity contribution in [3.63, 3.8) is 0 Å². The number of likely N-dealkylation sites (tertiary alicyclic amines) is 1. The summed E-state index contributed by atoms with van der Waals surface area (Å²) in [6.45, 7) is 6.43. The molecule has 2 fully saturated rings. The quantitative estimate of drug-likeness (QED) is 0.551. The zero-order valence-electron chi connectivity index (χ0n) is 20.3. The number of hydrogen-bond donors (Lipinski definition) is 0. The molecule has 2 aromatic heterocycles. The number of aryl methyl sites for hydroxylation is 1. The monoisotopic (exact) mass is 474 g/mol. The number of aromatic nitrogens is 2. The van der Waals surface area contributed by atoms with E-state index in [0.717, 1.165) is 52.2 Å². The highest BCUT2D eigenvalue weighted by molar-refractivity contribution is 5.84. The predicted molar refractivity (Wildman–Crippen MR) is 135 cm³/mol. The minimum absolute atomic E-state index is 0.138. The highest BCUT2D eigenvalue weighted by Gasteiger charge is 2.34. The average Bonchev–Trinajstić information content (AvgIpc) is 3.22. The van der Waals surface area contributed by atoms with Crippen LogP contribution in [-0.4, -0.2) is 64.2 Å². The first kappa shape index (κ1) is 22.6. The van der Waals surface area contributed by atoms with Gasteiger partial charge < -0.3 is 18.8 Å². The lowest BCUT2D eigenvalue weighted by Crippen LogP contribution is -2.47. The molecule has 0 radical (unpaired) electrons. The van der Waals surface area contributed by atoms with Gasteiger partial charge in [-0.2, -0.15) is 0 Å². The van der Waals surface area contributed by atoms with Crippen molar-refractivity contribution in [2.24, 2.45) is 5.92 Å². The first-order valence-electron chi connectivity index (χ1n) is 13.0. The first-order chi connectivity index (χ1) is 17.2. The number of fused-ring (bicyclic) bond motifs is 5. The molecule has 0 unspecified atom stereocenters. The van der Waals surface area contributed by atoms with Crippen LogP contribution in [0.25, 0.3) is 10.9 Å². The van der Waals surface area contributed by atoms with E-state index in [1.807, 2.05) is 15.5 Å². The molecule has 35 heavy (non-hydrogen) atoms. The summed E-state index contributed by atoms with van der Waals surface area (Å²) >= 11 is 0. The Morgan fingerprint density at radius 3 is 2.74 bits per heavy atom. The van der Waals surface area contributed by atoms with E-state index in [0.29, 0.717) is 31.5 Å². The van der Waals surface area contributed by atoms with Gasteiger partial charge >= 0.3 is 0 Å². The van der Waals surface area contributed by atoms with Gasteiger partial charge in [0, 0.05) is 73.9 Å². The number of ether oxygens (including phenoxy) is 1. The number of nitrogens with zero attached hydrogens (tertiary/aromatic N) is 4. The first-order valence-corrected chi connectivity index (χ1v) is 13.0. The molecule has 1 aromatic carbocycles. The van der Waals surface area contributed by atoms with E-state index < -0.39 is 0 Å². The molecule has 2 bridgehead atoms. The molecule has 6 rings (SSSR count). The highest BCUT2D eigenvalue weighted by Crippen LogP contribution is 2.35. The van der Waals surface area contributed by atoms with Crippen LogP contribution in [0.4, 0.5) is 0 Å². The molecule has 2 saturated heterocycles. The van der Waals surface area contributed by atoms with Crippen molar-refractivity contribution in [3.05, 3.63) is 70.3 Å². The van der Waals surface area contributed by atoms with E-state index in [9.17, 15) is 9.59 Å². The van der Waals surface area contributed by atoms with E-state index in [4.69, 9.17) is 4.74 Å². The van der Waals surface area contributed by atoms with Gasteiger partial charge in [0.1, 0.15) is 0 Å². The van der Waals surface area contributed by atoms with E-state index in [1.54, 1.807) is 6.07 Å². The number of hydrogen-bond acceptors (Lipinski definition) is 4. The standard InChI is InChI=1S/C28H34N4O3/c33-27(30-11-13-35-14-12-30)9-3-5-22-19-31(26-7-2-1-6-24(22)26)20-29-16-21-15-23(18-29)25-8-4-10-28(34)32(25)17-21/h1-2,4,6-8,10,19,21,23H,3,5,9,11-18,20H2/t21-,23+/m0/s1. The van der Waals surface area contributed by atoms with Crippen molar-refractivity contribution in [2.45, 2.75) is 44.8 Å². The van der Waals surface area contributed by atoms with Crippen LogP contribution in [0, 0.1) is 5.92 Å². The topological polar surface area (TPSA) is 59.7 Å². The van der Waals surface area contributed by atoms with E-state index in [1.165, 1.54) is 28.6 Å². The van der Waals surface area contributed by atoms with E-state index in [2.05, 4.69) is 46.0 Å². The number of amides is 1. The summed E-state index contributed by atoms with van der Waals surface area (Å²) in [4.78, 5) is 29.4. The molecule has 5 heterocycles. The van der Waals surface area contributed by atoms with Gasteiger partial charge in [-0.15, -0.1) is 0 Å². The molecule has 0 aliphatic carbocycles. The van der Waals surface area contributed by atoms with Crippen LogP contribution in [0.1, 0.15) is 36.4 Å². The summed E-state index contributed by atoms with van der Waals surface area (Å²) in [7, 11) is 0. The molecule has 3 aromatic rings. The number of carbonyl (C=O) groups excluding carboxylic acids is 1. The second-order valence-corrected chi connectivity index (χ2v) is 10.4. The normalized spacial score (nSPS) is 22.3. The van der Waals surface area contributed by atoms with Crippen molar-refractivity contribution in [2.75, 3.05) is 39.4 Å². The van der Waals surface area contributed by atoms with Crippen molar-refractivity contribution >= 4 is 16.8 Å². The SMILES string of the molecule is O=C(CCCc1cn(CN2C[C@@H]3C[C@H](C2)c2cccc(=O)n2C3)c2ccccc12)N1CCOCC1. The number of rotatable bonds is 6. The second-order valence-electron chi connectivity index (χ2n) is 10.4. The van der Waals surface area contributed by atoms with Crippen LogP contribution >= 0.6 is 0 Å². The van der Waals surface area contributed by atoms with Crippen molar-refractivity contribution in [1.29, 1.82) is 0 Å². The van der Waals surface area contributed by atoms with Crippen LogP contribution < -0.4 is 5.56 Å². The number of piperidine rings is 1. The number of carbonyl (C=O) groups is 1. The Balaban J connectivity index is 1.15. The summed E-state index contributed by atoms with van der Waals surface area (Å²) < 4.78 is 9.75. The zero-order chi connectivity index (χ0) is 23.8. The molecule has 7 heteroatoms. The number of pyridine rings is 1. The lowest BCUT2D eigenvalue weighted by atomic mass is 9.83. The summed E-state index contributed by atoms with van der Waals surface area (Å²) in [6.07, 6.45) is 5.84. The Kier molecular flexibility index (Phi) is 6.20. The van der Waals surface area contributed by atoms with Gasteiger partial charge in [-0.3, -0.25) is 14.5 Å². The lowest BCUT2D eigenvalue weighted by molar-refractivity contribution is -0.135. The molecule has 7 nitrogen and oxygen atoms in total. The molecule has 0 N–H and O–H groups in total. The van der Waals surface area contributed by atoms with Gasteiger partial charge in [0.15, 0.2) is 0 Å². The van der Waals surface area contributed by atoms with Gasteiger partial charge in [-0.1, -0.05) is 24.3 Å². The number of benzene rings is 1. The van der Waals surface area contributed by atoms with E-state index >= 15 is 0 Å². The molecule has 3 aliphatic heterocycles. The second kappa shape index (κ2) is 9.63. The van der Waals surface area contributed by atoms with Crippen LogP contribution in [0.15, 0.2) is 53.5 Å². The Hall–Kier alpha value is -2.90. The smallest absolute Gasteiger partial charge is 0.250 e. The third kappa shape index (κ3) is 4.55. The Morgan fingerprint density at radius 2 is 1.86 bits per heavy atom. The highest BCUT2D eigenvalue weighted by atomic mass is 16.5. The molecule has 0 saturated carbocycles. The van der Waals surface area contributed by atoms with Crippen LogP contribution in [0.3, 0.4) is 0 Å². The van der Waals surface area contributed by atoms with Crippen molar-refractivity contribution in [3.8, 4) is 0 Å². The number of para-hydroxylation sites is 1. The molecule has 0 spiro atoms. The maximum atomic E-state index is 12.6. The minimum atomic E-state index is 0.138. The van der Waals surface area contributed by atoms with Gasteiger partial charge in [0.05, 0.1) is 19.9 Å². The third-order valence-electron chi connectivity index (χ3n) is 7.98. The van der Waals surface area contributed by atoms with Crippen LogP contribution in [0.2, 0.25) is 0 Å². The van der Waals surface area contributed by atoms with Crippen LogP contribution in [0.5, 0.6) is 0 Å².